The van der Waals surface area contributed by atoms with E-state index in [1.54, 1.807) is 6.92 Å². The van der Waals surface area contributed by atoms with Crippen LogP contribution >= 0.6 is 0 Å². The Kier molecular flexibility index (Phi) is 4.64. The molecule has 2 fully saturated rings. The van der Waals surface area contributed by atoms with Gasteiger partial charge in [-0.05, 0) is 44.6 Å². The molecule has 0 spiro atoms. The van der Waals surface area contributed by atoms with E-state index in [0.29, 0.717) is 17.5 Å². The van der Waals surface area contributed by atoms with Gasteiger partial charge in [0.2, 0.25) is 5.91 Å². The van der Waals surface area contributed by atoms with Gasteiger partial charge < -0.3 is 16.8 Å². The highest BCUT2D eigenvalue weighted by molar-refractivity contribution is 5.94. The van der Waals surface area contributed by atoms with Crippen LogP contribution in [-0.2, 0) is 4.79 Å². The van der Waals surface area contributed by atoms with Gasteiger partial charge in [0.1, 0.15) is 18.2 Å². The Labute approximate surface area is 162 Å². The third kappa shape index (κ3) is 2.98. The third-order valence-electron chi connectivity index (χ3n) is 6.49. The molecule has 9 heteroatoms. The van der Waals surface area contributed by atoms with Gasteiger partial charge in [0, 0.05) is 17.6 Å². The van der Waals surface area contributed by atoms with E-state index < -0.39 is 30.2 Å². The van der Waals surface area contributed by atoms with Crippen LogP contribution in [0.5, 0.6) is 0 Å². The van der Waals surface area contributed by atoms with Gasteiger partial charge in [-0.3, -0.25) is 20.4 Å². The van der Waals surface area contributed by atoms with E-state index in [2.05, 4.69) is 20.9 Å². The first kappa shape index (κ1) is 19.2. The minimum Gasteiger partial charge on any atom is -0.366 e. The zero-order valence-corrected chi connectivity index (χ0v) is 15.9. The van der Waals surface area contributed by atoms with Crippen LogP contribution in [0, 0.1) is 24.6 Å². The molecule has 7 nitrogen and oxygen atoms in total. The number of fused-ring (bicyclic) bond motifs is 1. The number of carbonyl (C=O) groups excluding carboxylic acids is 1. The first-order valence-electron chi connectivity index (χ1n) is 9.57. The van der Waals surface area contributed by atoms with Crippen molar-refractivity contribution in [2.75, 3.05) is 5.32 Å². The Morgan fingerprint density at radius 3 is 2.64 bits per heavy atom. The molecule has 3 aliphatic rings. The number of nitrogens with two attached hydrogens (primary N) is 2. The molecule has 152 valence electrons. The third-order valence-corrected chi connectivity index (χ3v) is 6.49. The molecule has 4 rings (SSSR count). The molecule has 0 radical (unpaired) electrons. The zero-order chi connectivity index (χ0) is 20.2. The molecule has 2 heterocycles. The van der Waals surface area contributed by atoms with Crippen molar-refractivity contribution < 1.29 is 13.6 Å². The molecule has 2 aliphatic carbocycles. The van der Waals surface area contributed by atoms with Crippen LogP contribution in [0.25, 0.3) is 0 Å². The van der Waals surface area contributed by atoms with Crippen molar-refractivity contribution in [2.24, 2.45) is 23.3 Å². The fraction of sp³-hybridized carbons (Fsp3) is 0.579. The molecule has 1 aromatic heterocycles. The number of carbonyl (C=O) groups is 1. The van der Waals surface area contributed by atoms with Crippen molar-refractivity contribution in [3.05, 3.63) is 35.4 Å². The largest absolute Gasteiger partial charge is 0.366 e. The summed E-state index contributed by atoms with van der Waals surface area (Å²) in [5.74, 6) is -0.302. The summed E-state index contributed by atoms with van der Waals surface area (Å²) in [5, 5.41) is 9.42. The zero-order valence-electron chi connectivity index (χ0n) is 15.9. The average Bonchev–Trinajstić information content (AvgIpc) is 3.07. The summed E-state index contributed by atoms with van der Waals surface area (Å²) < 4.78 is 28.7. The maximum Gasteiger partial charge on any atom is 0.247 e. The Morgan fingerprint density at radius 1 is 1.43 bits per heavy atom. The number of rotatable bonds is 6. The molecule has 1 aromatic rings. The molecule has 0 saturated heterocycles. The van der Waals surface area contributed by atoms with Gasteiger partial charge >= 0.3 is 0 Å². The summed E-state index contributed by atoms with van der Waals surface area (Å²) in [7, 11) is 0. The Balaban J connectivity index is 1.56. The van der Waals surface area contributed by atoms with E-state index in [1.165, 1.54) is 18.3 Å². The summed E-state index contributed by atoms with van der Waals surface area (Å²) >= 11 is 0. The smallest absolute Gasteiger partial charge is 0.247 e. The van der Waals surface area contributed by atoms with Crippen molar-refractivity contribution in [2.45, 2.75) is 56.8 Å². The molecule has 1 aliphatic heterocycles. The minimum absolute atomic E-state index is 0.0557. The second kappa shape index (κ2) is 6.75. The van der Waals surface area contributed by atoms with Gasteiger partial charge in [-0.15, -0.1) is 0 Å². The number of aryl methyl sites for hydroxylation is 1. The van der Waals surface area contributed by atoms with Crippen LogP contribution in [0.4, 0.5) is 14.5 Å². The average molecular weight is 392 g/mol. The van der Waals surface area contributed by atoms with Gasteiger partial charge in [-0.25, -0.2) is 8.78 Å². The number of nitrogens with zero attached hydrogens (tertiary/aromatic N) is 1. The molecule has 6 atom stereocenters. The maximum absolute atomic E-state index is 14.8. The van der Waals surface area contributed by atoms with E-state index in [1.807, 2.05) is 6.92 Å². The van der Waals surface area contributed by atoms with Gasteiger partial charge in [0.05, 0.1) is 29.3 Å². The van der Waals surface area contributed by atoms with Crippen molar-refractivity contribution in [1.29, 1.82) is 0 Å². The van der Waals surface area contributed by atoms with Gasteiger partial charge in [-0.2, -0.15) is 0 Å². The van der Waals surface area contributed by atoms with Crippen LogP contribution in [0.2, 0.25) is 0 Å². The van der Waals surface area contributed by atoms with Crippen LogP contribution in [0.1, 0.15) is 25.5 Å². The lowest BCUT2D eigenvalue weighted by Gasteiger charge is -2.37. The van der Waals surface area contributed by atoms with Crippen molar-refractivity contribution >= 4 is 11.6 Å². The lowest BCUT2D eigenvalue weighted by Crippen LogP contribution is -2.64. The molecular formula is C19H26F2N6O. The van der Waals surface area contributed by atoms with Crippen LogP contribution in [0.15, 0.2) is 23.9 Å². The summed E-state index contributed by atoms with van der Waals surface area (Å²) in [6.45, 7) is 3.49. The highest BCUT2D eigenvalue weighted by Gasteiger charge is 2.71. The first-order valence-corrected chi connectivity index (χ1v) is 9.57. The molecule has 2 saturated carbocycles. The highest BCUT2D eigenvalue weighted by atomic mass is 19.1. The second-order valence-corrected chi connectivity index (χ2v) is 8.10. The standard InChI is InChI=1S/C19H26F2N6O/c1-8-14(20)5-10(7-24-8)25-17-11(16(23)28)6-15(21)18(26-17)27-19(9(2)22)12-3-4-13(12)19/h5-7,9,12-13,15,17-18,25-27H,3-4,22H2,1-2H3,(H2,23,28)/t9-,12?,13?,15?,17?,18?,19?/m0/s1. The van der Waals surface area contributed by atoms with E-state index >= 15 is 0 Å². The lowest BCUT2D eigenvalue weighted by atomic mass is 10.0. The summed E-state index contributed by atoms with van der Waals surface area (Å²) in [5.41, 5.74) is 12.0. The number of pyridine rings is 1. The van der Waals surface area contributed by atoms with Crippen molar-refractivity contribution in [3.63, 3.8) is 0 Å². The van der Waals surface area contributed by atoms with Crippen molar-refractivity contribution in [3.8, 4) is 0 Å². The molecule has 5 unspecified atom stereocenters. The van der Waals surface area contributed by atoms with Crippen LogP contribution < -0.4 is 27.4 Å². The normalized spacial score (nSPS) is 37.3. The van der Waals surface area contributed by atoms with Crippen molar-refractivity contribution in [1.82, 2.24) is 15.6 Å². The highest BCUT2D eigenvalue weighted by Crippen LogP contribution is 2.65. The number of halogens is 2. The van der Waals surface area contributed by atoms with Gasteiger partial charge in [0.25, 0.3) is 0 Å². The molecular weight excluding hydrogens is 366 g/mol. The number of hydrogen-bond acceptors (Lipinski definition) is 6. The number of aromatic nitrogens is 1. The number of primary amides is 1. The summed E-state index contributed by atoms with van der Waals surface area (Å²) in [4.78, 5) is 15.8. The molecule has 7 N–H and O–H groups in total. The number of amides is 1. The van der Waals surface area contributed by atoms with E-state index in [-0.39, 0.29) is 22.8 Å². The molecule has 28 heavy (non-hydrogen) atoms. The van der Waals surface area contributed by atoms with Crippen LogP contribution in [-0.4, -0.2) is 41.0 Å². The van der Waals surface area contributed by atoms with E-state index in [0.717, 1.165) is 12.8 Å². The monoisotopic (exact) mass is 392 g/mol. The quantitative estimate of drug-likeness (QED) is 0.485. The number of alkyl halides is 1. The fourth-order valence-electron chi connectivity index (χ4n) is 4.77. The topological polar surface area (TPSA) is 118 Å². The van der Waals surface area contributed by atoms with Gasteiger partial charge in [0.15, 0.2) is 0 Å². The van der Waals surface area contributed by atoms with E-state index in [9.17, 15) is 13.6 Å². The second-order valence-electron chi connectivity index (χ2n) is 8.10. The SMILES string of the molecule is Cc1ncc(NC2NC(NC3([C@H](C)N)C4CCC43)C(F)C=C2C(N)=O)cc1F. The Morgan fingerprint density at radius 2 is 2.11 bits per heavy atom. The minimum atomic E-state index is -1.45. The molecule has 0 bridgehead atoms. The molecule has 0 aromatic carbocycles. The number of hydrogen-bond donors (Lipinski definition) is 5. The fourth-order valence-corrected chi connectivity index (χ4v) is 4.77. The van der Waals surface area contributed by atoms with Gasteiger partial charge in [-0.1, -0.05) is 0 Å². The lowest BCUT2D eigenvalue weighted by molar-refractivity contribution is -0.115. The Bertz CT molecular complexity index is 813. The summed E-state index contributed by atoms with van der Waals surface area (Å²) in [6, 6.07) is 1.15. The predicted octanol–water partition coefficient (Wildman–Crippen LogP) is 0.662. The first-order chi connectivity index (χ1) is 13.2. The Hall–Kier alpha value is -2.10. The van der Waals surface area contributed by atoms with Crippen LogP contribution in [0.3, 0.4) is 0 Å². The number of nitrogens with one attached hydrogen (secondary N) is 3. The maximum atomic E-state index is 14.8. The predicted molar refractivity (Wildman–Crippen MR) is 101 cm³/mol. The van der Waals surface area contributed by atoms with E-state index in [4.69, 9.17) is 11.5 Å². The molecule has 1 amide bonds. The summed E-state index contributed by atoms with van der Waals surface area (Å²) in [6.07, 6.45) is 1.85. The number of anilines is 1.